The maximum absolute atomic E-state index is 2.54. The van der Waals surface area contributed by atoms with Crippen LogP contribution in [0.5, 0.6) is 0 Å². The molecule has 0 atom stereocenters. The molecule has 0 aliphatic rings. The van der Waals surface area contributed by atoms with Crippen molar-refractivity contribution in [2.45, 2.75) is 105 Å². The Morgan fingerprint density at radius 2 is 1.00 bits per heavy atom. The van der Waals surface area contributed by atoms with Gasteiger partial charge in [-0.25, -0.2) is 12.1 Å². The molecule has 0 spiro atoms. The summed E-state index contributed by atoms with van der Waals surface area (Å²) in [6, 6.07) is 17.5. The third-order valence-corrected chi connectivity index (χ3v) is 11.9. The molecular formula is C30H52HfP2-6. The van der Waals surface area contributed by atoms with Crippen molar-refractivity contribution in [1.82, 2.24) is 0 Å². The predicted octanol–water partition coefficient (Wildman–Crippen LogP) is 9.78. The van der Waals surface area contributed by atoms with E-state index in [1.807, 2.05) is 40.9 Å². The third kappa shape index (κ3) is 15.9. The molecule has 0 aliphatic heterocycles. The summed E-state index contributed by atoms with van der Waals surface area (Å²) in [6.07, 6.45) is 22.8. The second-order valence-corrected chi connectivity index (χ2v) is 14.0. The van der Waals surface area contributed by atoms with Gasteiger partial charge in [0.05, 0.1) is 0 Å². The Kier molecular flexibility index (Phi) is 24.5. The van der Waals surface area contributed by atoms with Crippen LogP contribution in [0.3, 0.4) is 0 Å². The summed E-state index contributed by atoms with van der Waals surface area (Å²) in [5, 5.41) is 3.66. The average molecular weight is 653 g/mol. The van der Waals surface area contributed by atoms with E-state index in [-0.39, 0.29) is 41.7 Å². The van der Waals surface area contributed by atoms with Crippen LogP contribution in [0.4, 0.5) is 0 Å². The topological polar surface area (TPSA) is 0 Å². The van der Waals surface area contributed by atoms with Gasteiger partial charge in [0.1, 0.15) is 0 Å². The molecule has 33 heavy (non-hydrogen) atoms. The zero-order valence-electron chi connectivity index (χ0n) is 22.3. The van der Waals surface area contributed by atoms with Crippen LogP contribution in [-0.4, -0.2) is 24.6 Å². The summed E-state index contributed by atoms with van der Waals surface area (Å²) in [4.78, 5) is 0. The van der Waals surface area contributed by atoms with E-state index in [2.05, 4.69) is 45.9 Å². The molecule has 3 heteroatoms. The molecule has 0 aliphatic carbocycles. The molecule has 0 N–H and O–H groups in total. The normalized spacial score (nSPS) is 10.8. The van der Waals surface area contributed by atoms with Crippen LogP contribution in [0, 0.1) is 0 Å². The average Bonchev–Trinajstić information content (AvgIpc) is 3.53. The number of hydrogen-bond acceptors (Lipinski definition) is 0. The van der Waals surface area contributed by atoms with E-state index < -0.39 is 0 Å². The van der Waals surface area contributed by atoms with Crippen LogP contribution in [-0.2, 0) is 25.8 Å². The minimum atomic E-state index is 0. The summed E-state index contributed by atoms with van der Waals surface area (Å²) < 4.78 is 0. The minimum absolute atomic E-state index is 0. The Labute approximate surface area is 229 Å². The molecule has 2 aromatic rings. The van der Waals surface area contributed by atoms with E-state index in [1.54, 1.807) is 0 Å². The van der Waals surface area contributed by atoms with Crippen molar-refractivity contribution in [1.29, 1.82) is 0 Å². The van der Waals surface area contributed by atoms with E-state index in [0.717, 1.165) is 0 Å². The molecule has 0 saturated heterocycles. The van der Waals surface area contributed by atoms with Gasteiger partial charge in [0.15, 0.2) is 0 Å². The van der Waals surface area contributed by atoms with Gasteiger partial charge in [0.2, 0.25) is 0 Å². The first-order valence-electron chi connectivity index (χ1n) is 13.7. The van der Waals surface area contributed by atoms with Crippen LogP contribution in [0.1, 0.15) is 105 Å². The van der Waals surface area contributed by atoms with Crippen molar-refractivity contribution in [2.24, 2.45) is 0 Å². The molecule has 0 aromatic heterocycles. The van der Waals surface area contributed by atoms with Gasteiger partial charge in [-0.15, -0.1) is 26.5 Å². The monoisotopic (exact) mass is 654 g/mol. The van der Waals surface area contributed by atoms with Crippen molar-refractivity contribution in [2.75, 3.05) is 24.6 Å². The number of hydrogen-bond donors (Lipinski definition) is 0. The fourth-order valence-electron chi connectivity index (χ4n) is 4.17. The van der Waals surface area contributed by atoms with Gasteiger partial charge >= 0.3 is 0 Å². The molecule has 0 bridgehead atoms. The van der Waals surface area contributed by atoms with Crippen molar-refractivity contribution < 1.29 is 25.8 Å². The van der Waals surface area contributed by atoms with E-state index in [0.29, 0.717) is 0 Å². The molecular weight excluding hydrogens is 601 g/mol. The zero-order chi connectivity index (χ0) is 23.3. The van der Waals surface area contributed by atoms with E-state index in [4.69, 9.17) is 0 Å². The maximum atomic E-state index is 2.54. The first kappa shape index (κ1) is 33.4. The Morgan fingerprint density at radius 1 is 0.606 bits per heavy atom. The standard InChI is InChI=1S/C25H47P2.C5H5.Hf/c1-5-9-13-20-26(21-14-10-6-2)24-18-17-19-25(24)27(22-15-11-7-3)23-16-12-8-4;1-2-4-5-3-1;/h17-19H,5-16,20-23H2,1-4H3;1-5H;/q-1;-5;. The maximum Gasteiger partial charge on any atom is 0 e. The Bertz CT molecular complexity index is 529. The summed E-state index contributed by atoms with van der Waals surface area (Å²) in [6.45, 7) is 9.37. The van der Waals surface area contributed by atoms with Crippen LogP contribution < -0.4 is 10.6 Å². The molecule has 192 valence electrons. The zero-order valence-corrected chi connectivity index (χ0v) is 27.7. The Morgan fingerprint density at radius 3 is 1.39 bits per heavy atom. The third-order valence-electron chi connectivity index (χ3n) is 6.13. The summed E-state index contributed by atoms with van der Waals surface area (Å²) in [7, 11) is 0.168. The second-order valence-electron chi connectivity index (χ2n) is 9.06. The Hall–Kier alpha value is 0.430. The van der Waals surface area contributed by atoms with Crippen LogP contribution in [0.2, 0.25) is 0 Å². The van der Waals surface area contributed by atoms with Crippen LogP contribution in [0.15, 0.2) is 48.5 Å². The fraction of sp³-hybridized carbons (Fsp3) is 0.667. The molecule has 2 rings (SSSR count). The molecule has 0 heterocycles. The van der Waals surface area contributed by atoms with Crippen molar-refractivity contribution in [3.63, 3.8) is 0 Å². The molecule has 0 fully saturated rings. The molecule has 0 unspecified atom stereocenters. The summed E-state index contributed by atoms with van der Waals surface area (Å²) in [5.41, 5.74) is 0. The quantitative estimate of drug-likeness (QED) is 0.0651. The molecule has 0 nitrogen and oxygen atoms in total. The van der Waals surface area contributed by atoms with Crippen LogP contribution >= 0.6 is 15.8 Å². The van der Waals surface area contributed by atoms with Crippen LogP contribution in [0.25, 0.3) is 0 Å². The van der Waals surface area contributed by atoms with Crippen molar-refractivity contribution in [3.05, 3.63) is 48.5 Å². The van der Waals surface area contributed by atoms with Gasteiger partial charge in [0, 0.05) is 25.8 Å². The first-order valence-corrected chi connectivity index (χ1v) is 17.1. The first-order chi connectivity index (χ1) is 15.8. The predicted molar refractivity (Wildman–Crippen MR) is 155 cm³/mol. The smallest absolute Gasteiger partial charge is 0 e. The largest absolute Gasteiger partial charge is 0.748 e. The SMILES string of the molecule is CCCCCP(CCCCC)c1ccc[c-]1P(CCCCC)CCCCC.[Hf].[cH-]1[cH-][cH-][cH-][cH-]1. The second kappa shape index (κ2) is 24.1. The van der Waals surface area contributed by atoms with Gasteiger partial charge < -0.3 is 30.3 Å². The van der Waals surface area contributed by atoms with E-state index >= 15 is 0 Å². The van der Waals surface area contributed by atoms with Gasteiger partial charge in [-0.3, -0.25) is 0 Å². The van der Waals surface area contributed by atoms with Crippen molar-refractivity contribution >= 4 is 26.5 Å². The molecule has 2 aromatic carbocycles. The molecule has 0 saturated carbocycles. The van der Waals surface area contributed by atoms with Gasteiger partial charge in [-0.2, -0.15) is 6.07 Å². The molecule has 0 amide bonds. The van der Waals surface area contributed by atoms with Gasteiger partial charge in [-0.1, -0.05) is 79.1 Å². The number of unbranched alkanes of at least 4 members (excludes halogenated alkanes) is 8. The van der Waals surface area contributed by atoms with E-state index in [9.17, 15) is 0 Å². The summed E-state index contributed by atoms with van der Waals surface area (Å²) >= 11 is 0. The fourth-order valence-corrected chi connectivity index (χ4v) is 10.2. The van der Waals surface area contributed by atoms with Crippen molar-refractivity contribution in [3.8, 4) is 0 Å². The number of rotatable bonds is 18. The van der Waals surface area contributed by atoms with Gasteiger partial charge in [-0.05, 0) is 50.3 Å². The Balaban J connectivity index is 0.00000150. The minimum Gasteiger partial charge on any atom is -0.748 e. The van der Waals surface area contributed by atoms with Gasteiger partial charge in [0.25, 0.3) is 0 Å². The van der Waals surface area contributed by atoms with E-state index in [1.165, 1.54) is 102 Å². The summed E-state index contributed by atoms with van der Waals surface area (Å²) in [5.74, 6) is 0. The molecule has 0 radical (unpaired) electrons.